The summed E-state index contributed by atoms with van der Waals surface area (Å²) in [6, 6.07) is 0. The summed E-state index contributed by atoms with van der Waals surface area (Å²) in [5, 5.41) is 9.73. The van der Waals surface area contributed by atoms with Gasteiger partial charge in [0.2, 0.25) is 6.29 Å². The molecule has 3 saturated heterocycles. The first-order chi connectivity index (χ1) is 11.0. The van der Waals surface area contributed by atoms with Crippen LogP contribution in [0.1, 0.15) is 20.8 Å². The van der Waals surface area contributed by atoms with Crippen molar-refractivity contribution in [3.8, 4) is 35.5 Å². The number of aliphatic hydroxyl groups excluding tert-OH is 1. The van der Waals surface area contributed by atoms with E-state index in [0.29, 0.717) is 0 Å². The lowest BCUT2D eigenvalue weighted by Crippen LogP contribution is -2.58. The monoisotopic (exact) mass is 318 g/mol. The van der Waals surface area contributed by atoms with Gasteiger partial charge in [0.05, 0.1) is 13.2 Å². The Bertz CT molecular complexity index is 652. The van der Waals surface area contributed by atoms with Crippen molar-refractivity contribution < 1.29 is 28.8 Å². The highest BCUT2D eigenvalue weighted by Gasteiger charge is 2.64. The van der Waals surface area contributed by atoms with Gasteiger partial charge in [-0.3, -0.25) is 0 Å². The molecule has 0 aromatic rings. The molecule has 6 nitrogen and oxygen atoms in total. The van der Waals surface area contributed by atoms with Crippen molar-refractivity contribution in [3.63, 3.8) is 0 Å². The number of rotatable bonds is 1. The van der Waals surface area contributed by atoms with Gasteiger partial charge in [0.25, 0.3) is 0 Å². The quantitative estimate of drug-likeness (QED) is 0.687. The first-order valence-electron chi connectivity index (χ1n) is 7.33. The maximum absolute atomic E-state index is 9.73. The molecule has 3 aliphatic rings. The van der Waals surface area contributed by atoms with E-state index in [1.54, 1.807) is 20.8 Å². The molecular weight excluding hydrogens is 300 g/mol. The van der Waals surface area contributed by atoms with E-state index in [9.17, 15) is 5.11 Å². The van der Waals surface area contributed by atoms with Gasteiger partial charge in [0, 0.05) is 0 Å². The Morgan fingerprint density at radius 1 is 1.09 bits per heavy atom. The minimum absolute atomic E-state index is 0.135. The van der Waals surface area contributed by atoms with E-state index in [1.165, 1.54) is 0 Å². The zero-order valence-electron chi connectivity index (χ0n) is 13.2. The van der Waals surface area contributed by atoms with E-state index in [-0.39, 0.29) is 13.2 Å². The molecule has 0 bridgehead atoms. The van der Waals surface area contributed by atoms with Crippen molar-refractivity contribution in [3.05, 3.63) is 0 Å². The smallest absolute Gasteiger partial charge is 0.223 e. The topological polar surface area (TPSA) is 66.4 Å². The Morgan fingerprint density at radius 3 is 2.61 bits per heavy atom. The zero-order chi connectivity index (χ0) is 16.5. The van der Waals surface area contributed by atoms with E-state index in [0.717, 1.165) is 0 Å². The fourth-order valence-electron chi connectivity index (χ4n) is 2.83. The highest BCUT2D eigenvalue weighted by molar-refractivity contribution is 5.35. The van der Waals surface area contributed by atoms with Crippen molar-refractivity contribution in [1.29, 1.82) is 0 Å². The van der Waals surface area contributed by atoms with Crippen LogP contribution < -0.4 is 0 Å². The van der Waals surface area contributed by atoms with E-state index in [4.69, 9.17) is 23.7 Å². The third kappa shape index (κ3) is 3.09. The van der Waals surface area contributed by atoms with E-state index < -0.39 is 36.2 Å². The Labute approximate surface area is 135 Å². The molecular formula is C17H18O6. The maximum Gasteiger partial charge on any atom is 0.223 e. The second-order valence-electron chi connectivity index (χ2n) is 5.90. The molecule has 0 aromatic carbocycles. The molecule has 0 aromatic heterocycles. The summed E-state index contributed by atoms with van der Waals surface area (Å²) in [6.07, 6.45) is -2.34. The molecule has 2 unspecified atom stereocenters. The van der Waals surface area contributed by atoms with Crippen LogP contribution in [-0.2, 0) is 23.7 Å². The van der Waals surface area contributed by atoms with Crippen molar-refractivity contribution in [2.24, 2.45) is 0 Å². The number of fused-ring (bicyclic) bond motifs is 3. The summed E-state index contributed by atoms with van der Waals surface area (Å²) in [4.78, 5) is 0. The van der Waals surface area contributed by atoms with Crippen molar-refractivity contribution in [2.75, 3.05) is 13.2 Å². The van der Waals surface area contributed by atoms with Crippen LogP contribution in [0.25, 0.3) is 0 Å². The Hall–Kier alpha value is -1.56. The van der Waals surface area contributed by atoms with E-state index in [1.807, 2.05) is 0 Å². The van der Waals surface area contributed by atoms with Gasteiger partial charge < -0.3 is 28.8 Å². The molecule has 3 fully saturated rings. The SMILES string of the molecule is CC#CC#CC#CC1OC[C@@]2(CO)O[C@H]3OC(C)(C)OC3[C@@H]2O1. The van der Waals surface area contributed by atoms with Crippen LogP contribution in [0.4, 0.5) is 0 Å². The van der Waals surface area contributed by atoms with Gasteiger partial charge >= 0.3 is 0 Å². The highest BCUT2D eigenvalue weighted by atomic mass is 16.9. The lowest BCUT2D eigenvalue weighted by Gasteiger charge is -2.40. The lowest BCUT2D eigenvalue weighted by molar-refractivity contribution is -0.310. The zero-order valence-corrected chi connectivity index (χ0v) is 13.2. The summed E-state index contributed by atoms with van der Waals surface area (Å²) in [7, 11) is 0. The van der Waals surface area contributed by atoms with Crippen molar-refractivity contribution in [1.82, 2.24) is 0 Å². The fraction of sp³-hybridized carbons (Fsp3) is 0.647. The van der Waals surface area contributed by atoms with Gasteiger partial charge in [-0.05, 0) is 50.4 Å². The van der Waals surface area contributed by atoms with Gasteiger partial charge in [-0.2, -0.15) is 0 Å². The van der Waals surface area contributed by atoms with Gasteiger partial charge in [-0.15, -0.1) is 0 Å². The molecule has 1 N–H and O–H groups in total. The van der Waals surface area contributed by atoms with Crippen LogP contribution >= 0.6 is 0 Å². The molecule has 0 amide bonds. The van der Waals surface area contributed by atoms with Crippen LogP contribution in [0.15, 0.2) is 0 Å². The number of hydrogen-bond donors (Lipinski definition) is 1. The average molecular weight is 318 g/mol. The third-order valence-electron chi connectivity index (χ3n) is 3.78. The highest BCUT2D eigenvalue weighted by Crippen LogP contribution is 2.45. The van der Waals surface area contributed by atoms with Crippen LogP contribution in [0.2, 0.25) is 0 Å². The second kappa shape index (κ2) is 6.15. The minimum atomic E-state index is -0.997. The van der Waals surface area contributed by atoms with Crippen molar-refractivity contribution >= 4 is 0 Å². The molecule has 0 saturated carbocycles. The molecule has 122 valence electrons. The standard InChI is InChI=1S/C17H18O6/c1-4-5-6-7-8-9-12-19-11-17(10-18)14(20-12)13-15(23-17)22-16(2,3)21-13/h12-15,18H,10-11H2,1-3H3/t12?,13?,14-,15+,17+/m0/s1. The molecule has 3 heterocycles. The summed E-state index contributed by atoms with van der Waals surface area (Å²) >= 11 is 0. The average Bonchev–Trinajstić information content (AvgIpc) is 2.96. The molecule has 0 spiro atoms. The van der Waals surface area contributed by atoms with Crippen LogP contribution in [0.5, 0.6) is 0 Å². The first-order valence-corrected chi connectivity index (χ1v) is 7.33. The molecule has 0 aliphatic carbocycles. The van der Waals surface area contributed by atoms with Crippen molar-refractivity contribution in [2.45, 2.75) is 56.9 Å². The lowest BCUT2D eigenvalue weighted by atomic mass is 9.96. The van der Waals surface area contributed by atoms with Gasteiger partial charge in [-0.25, -0.2) is 0 Å². The molecule has 23 heavy (non-hydrogen) atoms. The summed E-state index contributed by atoms with van der Waals surface area (Å²) < 4.78 is 28.7. The van der Waals surface area contributed by atoms with Gasteiger partial charge in [0.1, 0.15) is 17.8 Å². The largest absolute Gasteiger partial charge is 0.393 e. The maximum atomic E-state index is 9.73. The first kappa shape index (κ1) is 16.3. The minimum Gasteiger partial charge on any atom is -0.393 e. The van der Waals surface area contributed by atoms with Crippen LogP contribution in [0, 0.1) is 35.5 Å². The number of aliphatic hydroxyl groups is 1. The number of ether oxygens (including phenoxy) is 5. The number of hydrogen-bond acceptors (Lipinski definition) is 6. The summed E-state index contributed by atoms with van der Waals surface area (Å²) in [5.41, 5.74) is -0.997. The summed E-state index contributed by atoms with van der Waals surface area (Å²) in [5.74, 6) is 15.1. The van der Waals surface area contributed by atoms with E-state index >= 15 is 0 Å². The molecule has 3 rings (SSSR count). The van der Waals surface area contributed by atoms with Gasteiger partial charge in [-0.1, -0.05) is 5.92 Å². The molecule has 5 atom stereocenters. The van der Waals surface area contributed by atoms with Crippen LogP contribution in [-0.4, -0.2) is 54.5 Å². The summed E-state index contributed by atoms with van der Waals surface area (Å²) in [6.45, 7) is 5.18. The second-order valence-corrected chi connectivity index (χ2v) is 5.90. The predicted octanol–water partition coefficient (Wildman–Crippen LogP) is -0.00310. The van der Waals surface area contributed by atoms with E-state index in [2.05, 4.69) is 35.5 Å². The normalized spacial score (nSPS) is 39.7. The third-order valence-corrected chi connectivity index (χ3v) is 3.78. The Kier molecular flexibility index (Phi) is 4.36. The molecule has 3 aliphatic heterocycles. The molecule has 0 radical (unpaired) electrons. The molecule has 6 heteroatoms. The predicted molar refractivity (Wildman–Crippen MR) is 78.3 cm³/mol. The van der Waals surface area contributed by atoms with Crippen LogP contribution in [0.3, 0.4) is 0 Å². The van der Waals surface area contributed by atoms with Gasteiger partial charge in [0.15, 0.2) is 12.1 Å². The fourth-order valence-corrected chi connectivity index (χ4v) is 2.83. The Morgan fingerprint density at radius 2 is 1.87 bits per heavy atom. The Balaban J connectivity index is 1.74.